The average molecular weight is 303 g/mol. The van der Waals surface area contributed by atoms with E-state index in [4.69, 9.17) is 4.74 Å². The van der Waals surface area contributed by atoms with E-state index in [0.717, 1.165) is 5.75 Å². The van der Waals surface area contributed by atoms with Gasteiger partial charge in [0.25, 0.3) is 0 Å². The number of ether oxygens (including phenoxy) is 1. The highest BCUT2D eigenvalue weighted by Gasteiger charge is 2.12. The van der Waals surface area contributed by atoms with Crippen molar-refractivity contribution in [3.8, 4) is 0 Å². The summed E-state index contributed by atoms with van der Waals surface area (Å²) in [6, 6.07) is 0. The maximum atomic E-state index is 11.2. The summed E-state index contributed by atoms with van der Waals surface area (Å²) in [6.07, 6.45) is 13.8. The maximum absolute atomic E-state index is 11.2. The van der Waals surface area contributed by atoms with Crippen molar-refractivity contribution in [2.24, 2.45) is 5.92 Å². The van der Waals surface area contributed by atoms with Crippen LogP contribution in [0.4, 0.5) is 0 Å². The van der Waals surface area contributed by atoms with Gasteiger partial charge < -0.3 is 4.74 Å². The predicted octanol–water partition coefficient (Wildman–Crippen LogP) is 5.45. The summed E-state index contributed by atoms with van der Waals surface area (Å²) in [5.41, 5.74) is 0. The second kappa shape index (κ2) is 15.2. The number of rotatable bonds is 14. The zero-order valence-corrected chi connectivity index (χ0v) is 14.6. The van der Waals surface area contributed by atoms with Gasteiger partial charge in [0.05, 0.1) is 13.0 Å². The summed E-state index contributed by atoms with van der Waals surface area (Å²) in [5.74, 6) is 2.02. The fourth-order valence-corrected chi connectivity index (χ4v) is 3.29. The maximum Gasteiger partial charge on any atom is 0.309 e. The molecule has 0 aromatic heterocycles. The smallest absolute Gasteiger partial charge is 0.309 e. The number of unbranched alkanes of at least 4 members (excludes halogenated alkanes) is 9. The Bertz CT molecular complexity index is 219. The molecule has 0 heterocycles. The molecular formula is C17H34O2S. The fraction of sp³-hybridized carbons (Fsp3) is 0.941. The molecule has 0 aromatic rings. The number of esters is 1. The van der Waals surface area contributed by atoms with Gasteiger partial charge in [-0.2, -0.15) is 11.8 Å². The molecule has 120 valence electrons. The SMILES string of the molecule is CCCCCCCCCCCCSC[C@@H](C)C(=O)OC. The van der Waals surface area contributed by atoms with Crippen molar-refractivity contribution >= 4 is 17.7 Å². The Morgan fingerprint density at radius 3 is 1.95 bits per heavy atom. The van der Waals surface area contributed by atoms with Gasteiger partial charge in [0.1, 0.15) is 0 Å². The molecule has 20 heavy (non-hydrogen) atoms. The van der Waals surface area contributed by atoms with Crippen LogP contribution in [0.5, 0.6) is 0 Å². The van der Waals surface area contributed by atoms with E-state index in [1.807, 2.05) is 18.7 Å². The van der Waals surface area contributed by atoms with Crippen LogP contribution in [0.2, 0.25) is 0 Å². The Morgan fingerprint density at radius 2 is 1.45 bits per heavy atom. The van der Waals surface area contributed by atoms with E-state index >= 15 is 0 Å². The topological polar surface area (TPSA) is 26.3 Å². The van der Waals surface area contributed by atoms with Crippen LogP contribution in [0.1, 0.15) is 78.1 Å². The summed E-state index contributed by atoms with van der Waals surface area (Å²) < 4.78 is 4.72. The molecule has 0 aliphatic carbocycles. The van der Waals surface area contributed by atoms with Crippen LogP contribution >= 0.6 is 11.8 Å². The van der Waals surface area contributed by atoms with E-state index in [2.05, 4.69) is 6.92 Å². The van der Waals surface area contributed by atoms with Crippen LogP contribution in [0.3, 0.4) is 0 Å². The van der Waals surface area contributed by atoms with Crippen molar-refractivity contribution in [1.29, 1.82) is 0 Å². The highest BCUT2D eigenvalue weighted by Crippen LogP contribution is 2.14. The lowest BCUT2D eigenvalue weighted by Crippen LogP contribution is -2.15. The van der Waals surface area contributed by atoms with Crippen molar-refractivity contribution in [2.45, 2.75) is 78.1 Å². The summed E-state index contributed by atoms with van der Waals surface area (Å²) in [7, 11) is 1.46. The molecular weight excluding hydrogens is 268 g/mol. The van der Waals surface area contributed by atoms with Crippen molar-refractivity contribution in [1.82, 2.24) is 0 Å². The molecule has 0 aliphatic heterocycles. The lowest BCUT2D eigenvalue weighted by atomic mass is 10.1. The van der Waals surface area contributed by atoms with Gasteiger partial charge >= 0.3 is 5.97 Å². The molecule has 0 rings (SSSR count). The number of methoxy groups -OCH3 is 1. The van der Waals surface area contributed by atoms with Crippen LogP contribution in [-0.2, 0) is 9.53 Å². The van der Waals surface area contributed by atoms with Crippen molar-refractivity contribution in [3.63, 3.8) is 0 Å². The predicted molar refractivity (Wildman–Crippen MR) is 90.3 cm³/mol. The molecule has 0 aromatic carbocycles. The van der Waals surface area contributed by atoms with Gasteiger partial charge in [-0.15, -0.1) is 0 Å². The largest absolute Gasteiger partial charge is 0.469 e. The molecule has 0 aliphatic rings. The van der Waals surface area contributed by atoms with Gasteiger partial charge in [-0.3, -0.25) is 4.79 Å². The quantitative estimate of drug-likeness (QED) is 0.315. The van der Waals surface area contributed by atoms with E-state index < -0.39 is 0 Å². The summed E-state index contributed by atoms with van der Waals surface area (Å²) >= 11 is 1.88. The van der Waals surface area contributed by atoms with Crippen LogP contribution in [-0.4, -0.2) is 24.6 Å². The Balaban J connectivity index is 3.11. The molecule has 3 heteroatoms. The normalized spacial score (nSPS) is 12.3. The third-order valence-corrected chi connectivity index (χ3v) is 4.93. The van der Waals surface area contributed by atoms with Crippen LogP contribution in [0.15, 0.2) is 0 Å². The van der Waals surface area contributed by atoms with Crippen LogP contribution < -0.4 is 0 Å². The second-order valence-corrected chi connectivity index (χ2v) is 6.83. The summed E-state index contributed by atoms with van der Waals surface area (Å²) in [5, 5.41) is 0. The number of thioether (sulfide) groups is 1. The Kier molecular flexibility index (Phi) is 15.1. The third kappa shape index (κ3) is 12.8. The molecule has 0 radical (unpaired) electrons. The van der Waals surface area contributed by atoms with Gasteiger partial charge in [0.2, 0.25) is 0 Å². The number of carbonyl (C=O) groups excluding carboxylic acids is 1. The first-order valence-corrected chi connectivity index (χ1v) is 9.53. The molecule has 2 nitrogen and oxygen atoms in total. The van der Waals surface area contributed by atoms with Gasteiger partial charge in [-0.1, -0.05) is 71.6 Å². The first kappa shape index (κ1) is 19.8. The fourth-order valence-electron chi connectivity index (χ4n) is 2.22. The first-order chi connectivity index (χ1) is 9.72. The Labute approximate surface area is 130 Å². The minimum atomic E-state index is -0.0828. The zero-order chi connectivity index (χ0) is 15.1. The zero-order valence-electron chi connectivity index (χ0n) is 13.8. The van der Waals surface area contributed by atoms with E-state index in [1.165, 1.54) is 77.1 Å². The molecule has 0 saturated heterocycles. The van der Waals surface area contributed by atoms with E-state index in [-0.39, 0.29) is 11.9 Å². The van der Waals surface area contributed by atoms with Crippen molar-refractivity contribution in [3.05, 3.63) is 0 Å². The monoisotopic (exact) mass is 302 g/mol. The van der Waals surface area contributed by atoms with Crippen LogP contribution in [0, 0.1) is 5.92 Å². The molecule has 1 atom stereocenters. The first-order valence-electron chi connectivity index (χ1n) is 8.38. The minimum absolute atomic E-state index is 0.0353. The molecule has 0 bridgehead atoms. The average Bonchev–Trinajstić information content (AvgIpc) is 2.47. The number of carbonyl (C=O) groups is 1. The molecule has 0 fully saturated rings. The van der Waals surface area contributed by atoms with Gasteiger partial charge in [-0.25, -0.2) is 0 Å². The molecule has 0 amide bonds. The second-order valence-electron chi connectivity index (χ2n) is 5.68. The highest BCUT2D eigenvalue weighted by molar-refractivity contribution is 7.99. The molecule has 0 saturated carbocycles. The molecule has 0 unspecified atom stereocenters. The van der Waals surface area contributed by atoms with Crippen molar-refractivity contribution in [2.75, 3.05) is 18.6 Å². The molecule has 0 N–H and O–H groups in total. The van der Waals surface area contributed by atoms with Crippen LogP contribution in [0.25, 0.3) is 0 Å². The minimum Gasteiger partial charge on any atom is -0.469 e. The van der Waals surface area contributed by atoms with Gasteiger partial charge in [0.15, 0.2) is 0 Å². The lowest BCUT2D eigenvalue weighted by Gasteiger charge is -2.08. The summed E-state index contributed by atoms with van der Waals surface area (Å²) in [6.45, 7) is 4.21. The van der Waals surface area contributed by atoms with Crippen molar-refractivity contribution < 1.29 is 9.53 Å². The lowest BCUT2D eigenvalue weighted by molar-refractivity contribution is -0.143. The number of hydrogen-bond donors (Lipinski definition) is 0. The van der Waals surface area contributed by atoms with E-state index in [9.17, 15) is 4.79 Å². The highest BCUT2D eigenvalue weighted by atomic mass is 32.2. The van der Waals surface area contributed by atoms with Gasteiger partial charge in [-0.05, 0) is 12.2 Å². The standard InChI is InChI=1S/C17H34O2S/c1-4-5-6-7-8-9-10-11-12-13-14-20-15-16(2)17(18)19-3/h16H,4-15H2,1-3H3/t16-/m1/s1. The number of hydrogen-bond acceptors (Lipinski definition) is 3. The van der Waals surface area contributed by atoms with Gasteiger partial charge in [0, 0.05) is 5.75 Å². The third-order valence-electron chi connectivity index (χ3n) is 3.61. The van der Waals surface area contributed by atoms with E-state index in [0.29, 0.717) is 0 Å². The summed E-state index contributed by atoms with van der Waals surface area (Å²) in [4.78, 5) is 11.2. The molecule has 0 spiro atoms. The Hall–Kier alpha value is -0.180. The van der Waals surface area contributed by atoms with E-state index in [1.54, 1.807) is 0 Å². The Morgan fingerprint density at radius 1 is 0.950 bits per heavy atom.